The van der Waals surface area contributed by atoms with Crippen molar-refractivity contribution in [3.05, 3.63) is 88.3 Å². The van der Waals surface area contributed by atoms with Crippen molar-refractivity contribution in [2.24, 2.45) is 0 Å². The Bertz CT molecular complexity index is 893. The Morgan fingerprint density at radius 2 is 1.79 bits per heavy atom. The van der Waals surface area contributed by atoms with Crippen molar-refractivity contribution in [3.63, 3.8) is 0 Å². The molecule has 1 aliphatic rings. The zero-order valence-corrected chi connectivity index (χ0v) is 15.1. The Kier molecular flexibility index (Phi) is 5.93. The number of hydrogen-bond donors (Lipinski definition) is 0. The van der Waals surface area contributed by atoms with E-state index in [1.54, 1.807) is 0 Å². The summed E-state index contributed by atoms with van der Waals surface area (Å²) >= 11 is 5.64. The summed E-state index contributed by atoms with van der Waals surface area (Å²) in [7, 11) is 0. The highest BCUT2D eigenvalue weighted by molar-refractivity contribution is 6.31. The molecule has 28 heavy (non-hydrogen) atoms. The fourth-order valence-electron chi connectivity index (χ4n) is 2.72. The first-order valence-electron chi connectivity index (χ1n) is 8.24. The van der Waals surface area contributed by atoms with Crippen molar-refractivity contribution in [2.45, 2.75) is 19.3 Å². The third kappa shape index (κ3) is 4.84. The molecule has 1 heterocycles. The van der Waals surface area contributed by atoms with Gasteiger partial charge in [0.1, 0.15) is 12.4 Å². The van der Waals surface area contributed by atoms with Crippen molar-refractivity contribution in [1.82, 2.24) is 4.90 Å². The van der Waals surface area contributed by atoms with Gasteiger partial charge in [-0.2, -0.15) is 22.0 Å². The first-order valence-corrected chi connectivity index (χ1v) is 8.62. The van der Waals surface area contributed by atoms with Gasteiger partial charge in [0.15, 0.2) is 0 Å². The van der Waals surface area contributed by atoms with Crippen LogP contribution in [0.4, 0.5) is 22.0 Å². The number of hydrogen-bond acceptors (Lipinski definition) is 2. The fraction of sp³-hybridized carbons (Fsp3) is 0.200. The first-order chi connectivity index (χ1) is 13.2. The van der Waals surface area contributed by atoms with E-state index in [0.29, 0.717) is 4.90 Å². The van der Waals surface area contributed by atoms with E-state index in [2.05, 4.69) is 0 Å². The zero-order valence-electron chi connectivity index (χ0n) is 14.4. The third-order valence-electron chi connectivity index (χ3n) is 4.10. The predicted molar refractivity (Wildman–Crippen MR) is 96.5 cm³/mol. The molecule has 0 bridgehead atoms. The molecule has 2 aromatic rings. The smallest absolute Gasteiger partial charge is 0.417 e. The maximum atomic E-state index is 13.3. The molecule has 0 fully saturated rings. The van der Waals surface area contributed by atoms with Gasteiger partial charge in [0.25, 0.3) is 0 Å². The van der Waals surface area contributed by atoms with E-state index >= 15 is 0 Å². The molecule has 0 spiro atoms. The predicted octanol–water partition coefficient (Wildman–Crippen LogP) is 6.34. The molecule has 1 aliphatic heterocycles. The summed E-state index contributed by atoms with van der Waals surface area (Å²) in [6.45, 7) is -2.94. The molecular weight excluding hydrogens is 401 g/mol. The van der Waals surface area contributed by atoms with Crippen LogP contribution in [0.3, 0.4) is 0 Å². The number of alkyl halides is 5. The lowest BCUT2D eigenvalue weighted by Crippen LogP contribution is -2.28. The molecule has 0 atom stereocenters. The van der Waals surface area contributed by atoms with Crippen LogP contribution in [0.2, 0.25) is 5.02 Å². The number of ether oxygens (including phenoxy) is 1. The van der Waals surface area contributed by atoms with Gasteiger partial charge in [0.05, 0.1) is 10.6 Å². The first kappa shape index (κ1) is 20.2. The van der Waals surface area contributed by atoms with Crippen LogP contribution in [0, 0.1) is 0 Å². The van der Waals surface area contributed by atoms with Crippen molar-refractivity contribution in [2.75, 3.05) is 6.54 Å². The molecule has 148 valence electrons. The Balaban J connectivity index is 1.89. The zero-order chi connectivity index (χ0) is 20.3. The molecule has 0 unspecified atom stereocenters. The molecule has 8 heteroatoms. The van der Waals surface area contributed by atoms with Gasteiger partial charge in [-0.15, -0.1) is 0 Å². The average molecular weight is 416 g/mol. The molecule has 0 saturated carbocycles. The highest BCUT2D eigenvalue weighted by Crippen LogP contribution is 2.37. The number of allylic oxidation sites excluding steroid dienone is 1. The summed E-state index contributed by atoms with van der Waals surface area (Å²) in [5.74, 6) is 0.133. The summed E-state index contributed by atoms with van der Waals surface area (Å²) in [6.07, 6.45) is -2.03. The van der Waals surface area contributed by atoms with Crippen LogP contribution in [-0.4, -0.2) is 18.0 Å². The van der Waals surface area contributed by atoms with E-state index < -0.39 is 23.3 Å². The van der Waals surface area contributed by atoms with Crippen LogP contribution in [0.15, 0.2) is 66.6 Å². The third-order valence-corrected chi connectivity index (χ3v) is 4.43. The minimum Gasteiger partial charge on any atom is -0.487 e. The summed E-state index contributed by atoms with van der Waals surface area (Å²) in [5, 5.41) is -0.450. The Hall–Kier alpha value is -2.54. The van der Waals surface area contributed by atoms with Crippen molar-refractivity contribution < 1.29 is 26.7 Å². The second kappa shape index (κ2) is 8.22. The molecule has 0 saturated heterocycles. The number of halogens is 6. The summed E-state index contributed by atoms with van der Waals surface area (Å²) in [6, 6.07) is 12.4. The maximum absolute atomic E-state index is 13.3. The lowest BCUT2D eigenvalue weighted by Gasteiger charge is -2.27. The van der Waals surface area contributed by atoms with E-state index in [0.717, 1.165) is 23.9 Å². The van der Waals surface area contributed by atoms with E-state index in [9.17, 15) is 22.0 Å². The number of benzene rings is 2. The SMILES string of the molecule is FC(F)N1C=C(OCc2ccccc2)C=C(c2ccc(Cl)c(C(F)(F)F)c2)C1. The van der Waals surface area contributed by atoms with Gasteiger partial charge >= 0.3 is 12.7 Å². The lowest BCUT2D eigenvalue weighted by atomic mass is 10.0. The van der Waals surface area contributed by atoms with Gasteiger partial charge in [-0.3, -0.25) is 0 Å². The largest absolute Gasteiger partial charge is 0.487 e. The van der Waals surface area contributed by atoms with Crippen LogP contribution < -0.4 is 0 Å². The van der Waals surface area contributed by atoms with E-state index in [1.807, 2.05) is 30.3 Å². The topological polar surface area (TPSA) is 12.5 Å². The molecule has 0 N–H and O–H groups in total. The van der Waals surface area contributed by atoms with Crippen molar-refractivity contribution >= 4 is 17.2 Å². The highest BCUT2D eigenvalue weighted by atomic mass is 35.5. The monoisotopic (exact) mass is 415 g/mol. The van der Waals surface area contributed by atoms with Crippen LogP contribution in [-0.2, 0) is 17.5 Å². The van der Waals surface area contributed by atoms with Gasteiger partial charge in [-0.05, 0) is 34.9 Å². The van der Waals surface area contributed by atoms with Gasteiger partial charge in [-0.1, -0.05) is 48.0 Å². The van der Waals surface area contributed by atoms with E-state index in [-0.39, 0.29) is 30.0 Å². The van der Waals surface area contributed by atoms with Gasteiger partial charge in [-0.25, -0.2) is 0 Å². The quantitative estimate of drug-likeness (QED) is 0.417. The normalized spacial score (nSPS) is 14.8. The van der Waals surface area contributed by atoms with Crippen LogP contribution in [0.5, 0.6) is 0 Å². The molecule has 0 amide bonds. The number of nitrogens with zero attached hydrogens (tertiary/aromatic N) is 1. The molecule has 3 rings (SSSR count). The Morgan fingerprint density at radius 1 is 1.07 bits per heavy atom. The molecule has 2 nitrogen and oxygen atoms in total. The van der Waals surface area contributed by atoms with Gasteiger partial charge in [0.2, 0.25) is 0 Å². The van der Waals surface area contributed by atoms with E-state index in [1.165, 1.54) is 12.1 Å². The van der Waals surface area contributed by atoms with Crippen molar-refractivity contribution in [1.29, 1.82) is 0 Å². The highest BCUT2D eigenvalue weighted by Gasteiger charge is 2.34. The minimum absolute atomic E-state index is 0.133. The molecule has 0 radical (unpaired) electrons. The average Bonchev–Trinajstić information content (AvgIpc) is 2.66. The Morgan fingerprint density at radius 3 is 2.43 bits per heavy atom. The molecule has 2 aromatic carbocycles. The van der Waals surface area contributed by atoms with Gasteiger partial charge in [0, 0.05) is 12.7 Å². The fourth-order valence-corrected chi connectivity index (χ4v) is 2.95. The van der Waals surface area contributed by atoms with Crippen LogP contribution in [0.1, 0.15) is 16.7 Å². The maximum Gasteiger partial charge on any atom is 0.417 e. The summed E-state index contributed by atoms with van der Waals surface area (Å²) in [5.41, 5.74) is 0.236. The minimum atomic E-state index is -4.65. The number of rotatable bonds is 5. The summed E-state index contributed by atoms with van der Waals surface area (Å²) in [4.78, 5) is 0.706. The van der Waals surface area contributed by atoms with Crippen LogP contribution >= 0.6 is 11.6 Å². The van der Waals surface area contributed by atoms with Crippen molar-refractivity contribution in [3.8, 4) is 0 Å². The lowest BCUT2D eigenvalue weighted by molar-refractivity contribution is -0.137. The van der Waals surface area contributed by atoms with Gasteiger partial charge < -0.3 is 9.64 Å². The molecule has 0 aromatic heterocycles. The standard InChI is InChI=1S/C20H15ClF5NO/c21-18-7-6-14(9-17(18)20(24,25)26)15-8-16(11-27(10-15)19(22)23)28-12-13-4-2-1-3-5-13/h1-9,11,19H,10,12H2. The van der Waals surface area contributed by atoms with Crippen LogP contribution in [0.25, 0.3) is 5.57 Å². The molecular formula is C20H15ClF5NO. The second-order valence-corrected chi connectivity index (χ2v) is 6.52. The second-order valence-electron chi connectivity index (χ2n) is 6.12. The molecule has 0 aliphatic carbocycles. The Labute approximate surface area is 163 Å². The van der Waals surface area contributed by atoms with E-state index in [4.69, 9.17) is 16.3 Å². The summed E-state index contributed by atoms with van der Waals surface area (Å²) < 4.78 is 71.5.